The van der Waals surface area contributed by atoms with Crippen molar-refractivity contribution in [3.63, 3.8) is 0 Å². The van der Waals surface area contributed by atoms with Crippen molar-refractivity contribution in [3.05, 3.63) is 40.1 Å². The van der Waals surface area contributed by atoms with Gasteiger partial charge in [0.15, 0.2) is 0 Å². The first kappa shape index (κ1) is 17.9. The average molecular weight is 317 g/mol. The van der Waals surface area contributed by atoms with Crippen molar-refractivity contribution >= 4 is 0 Å². The number of likely N-dealkylation sites (tertiary alicyclic amines) is 1. The zero-order valence-electron chi connectivity index (χ0n) is 15.0. The summed E-state index contributed by atoms with van der Waals surface area (Å²) in [5.41, 5.74) is 2.47. The van der Waals surface area contributed by atoms with Crippen LogP contribution in [0.2, 0.25) is 0 Å². The molecule has 0 atom stereocenters. The molecule has 1 aliphatic rings. The maximum absolute atomic E-state index is 11.4. The number of rotatable bonds is 6. The maximum Gasteiger partial charge on any atom is 0.250 e. The summed E-state index contributed by atoms with van der Waals surface area (Å²) >= 11 is 0. The molecule has 4 nitrogen and oxygen atoms in total. The normalized spacial score (nSPS) is 18.1. The minimum absolute atomic E-state index is 0.0452. The first-order valence-electron chi connectivity index (χ1n) is 8.91. The number of allylic oxidation sites excluding steroid dienone is 1. The monoisotopic (exact) mass is 317 g/mol. The Morgan fingerprint density at radius 1 is 1.35 bits per heavy atom. The van der Waals surface area contributed by atoms with Gasteiger partial charge < -0.3 is 4.98 Å². The highest BCUT2D eigenvalue weighted by molar-refractivity contribution is 5.10. The molecule has 4 heteroatoms. The standard InChI is InChI=1S/C19H31N3O/c1-14(2)5-6-17(15(3)4)12-22-9-7-16(8-10-22)18-11-19(23)21-13-20-18/h6,11,13-16H,5,7-10,12H2,1-4H3,(H,20,21,23)/b17-6-. The number of piperidine rings is 1. The molecule has 1 aromatic rings. The fourth-order valence-corrected chi connectivity index (χ4v) is 3.12. The molecule has 23 heavy (non-hydrogen) atoms. The van der Waals surface area contributed by atoms with Gasteiger partial charge in [0.1, 0.15) is 0 Å². The average Bonchev–Trinajstić information content (AvgIpc) is 2.51. The fraction of sp³-hybridized carbons (Fsp3) is 0.684. The molecule has 0 radical (unpaired) electrons. The van der Waals surface area contributed by atoms with E-state index in [9.17, 15) is 4.79 Å². The van der Waals surface area contributed by atoms with Gasteiger partial charge in [-0.05, 0) is 44.2 Å². The van der Waals surface area contributed by atoms with E-state index in [4.69, 9.17) is 0 Å². The van der Waals surface area contributed by atoms with Crippen LogP contribution < -0.4 is 5.56 Å². The zero-order chi connectivity index (χ0) is 16.8. The lowest BCUT2D eigenvalue weighted by molar-refractivity contribution is 0.222. The van der Waals surface area contributed by atoms with Crippen molar-refractivity contribution in [2.75, 3.05) is 19.6 Å². The van der Waals surface area contributed by atoms with Crippen LogP contribution in [0, 0.1) is 11.8 Å². The van der Waals surface area contributed by atoms with Gasteiger partial charge in [0.2, 0.25) is 0 Å². The van der Waals surface area contributed by atoms with E-state index in [1.165, 1.54) is 12.7 Å². The quantitative estimate of drug-likeness (QED) is 0.816. The molecule has 0 spiro atoms. The molecular formula is C19H31N3O. The molecule has 0 amide bonds. The van der Waals surface area contributed by atoms with Crippen molar-refractivity contribution in [2.45, 2.75) is 52.9 Å². The molecule has 2 heterocycles. The highest BCUT2D eigenvalue weighted by Gasteiger charge is 2.22. The number of nitrogens with zero attached hydrogens (tertiary/aromatic N) is 2. The predicted molar refractivity (Wildman–Crippen MR) is 95.6 cm³/mol. The van der Waals surface area contributed by atoms with Crippen molar-refractivity contribution < 1.29 is 0 Å². The van der Waals surface area contributed by atoms with Crippen LogP contribution in [-0.2, 0) is 0 Å². The van der Waals surface area contributed by atoms with Crippen molar-refractivity contribution in [1.29, 1.82) is 0 Å². The second-order valence-electron chi connectivity index (χ2n) is 7.45. The van der Waals surface area contributed by atoms with Gasteiger partial charge in [0.25, 0.3) is 5.56 Å². The summed E-state index contributed by atoms with van der Waals surface area (Å²) in [4.78, 5) is 20.9. The van der Waals surface area contributed by atoms with E-state index in [-0.39, 0.29) is 5.56 Å². The molecule has 1 saturated heterocycles. The number of nitrogens with one attached hydrogen (secondary N) is 1. The Balaban J connectivity index is 1.90. The summed E-state index contributed by atoms with van der Waals surface area (Å²) in [6.07, 6.45) is 7.31. The molecule has 0 bridgehead atoms. The van der Waals surface area contributed by atoms with Gasteiger partial charge in [0, 0.05) is 18.5 Å². The van der Waals surface area contributed by atoms with E-state index in [1.807, 2.05) is 0 Å². The Morgan fingerprint density at radius 3 is 2.61 bits per heavy atom. The lowest BCUT2D eigenvalue weighted by Crippen LogP contribution is -2.35. The topological polar surface area (TPSA) is 49.0 Å². The van der Waals surface area contributed by atoms with Crippen LogP contribution >= 0.6 is 0 Å². The smallest absolute Gasteiger partial charge is 0.250 e. The molecule has 2 rings (SSSR count). The summed E-state index contributed by atoms with van der Waals surface area (Å²) in [7, 11) is 0. The van der Waals surface area contributed by atoms with Gasteiger partial charge in [0.05, 0.1) is 12.0 Å². The number of aromatic nitrogens is 2. The minimum atomic E-state index is -0.0452. The number of H-pyrrole nitrogens is 1. The highest BCUT2D eigenvalue weighted by Crippen LogP contribution is 2.27. The SMILES string of the molecule is CC(C)C/C=C(/CN1CCC(c2cc(=O)[nH]cn2)CC1)C(C)C. The third-order valence-electron chi connectivity index (χ3n) is 4.70. The second kappa shape index (κ2) is 8.44. The van der Waals surface area contributed by atoms with Gasteiger partial charge in [-0.3, -0.25) is 9.69 Å². The van der Waals surface area contributed by atoms with Gasteiger partial charge in [-0.25, -0.2) is 4.98 Å². The van der Waals surface area contributed by atoms with Crippen LogP contribution in [0.5, 0.6) is 0 Å². The van der Waals surface area contributed by atoms with E-state index in [0.717, 1.165) is 44.1 Å². The molecule has 1 N–H and O–H groups in total. The Morgan fingerprint density at radius 2 is 2.04 bits per heavy atom. The minimum Gasteiger partial charge on any atom is -0.313 e. The largest absolute Gasteiger partial charge is 0.313 e. The molecule has 1 aromatic heterocycles. The van der Waals surface area contributed by atoms with E-state index in [1.54, 1.807) is 11.6 Å². The Kier molecular flexibility index (Phi) is 6.58. The summed E-state index contributed by atoms with van der Waals surface area (Å²) in [5.74, 6) is 1.76. The summed E-state index contributed by atoms with van der Waals surface area (Å²) < 4.78 is 0. The predicted octanol–water partition coefficient (Wildman–Crippen LogP) is 3.58. The zero-order valence-corrected chi connectivity index (χ0v) is 15.0. The summed E-state index contributed by atoms with van der Waals surface area (Å²) in [6, 6.07) is 1.66. The van der Waals surface area contributed by atoms with Gasteiger partial charge in [-0.15, -0.1) is 0 Å². The number of hydrogen-bond donors (Lipinski definition) is 1. The Labute approximate surface area is 140 Å². The lowest BCUT2D eigenvalue weighted by Gasteiger charge is -2.33. The molecule has 0 saturated carbocycles. The van der Waals surface area contributed by atoms with E-state index in [2.05, 4.69) is 48.6 Å². The van der Waals surface area contributed by atoms with Gasteiger partial charge >= 0.3 is 0 Å². The first-order chi connectivity index (χ1) is 11.0. The Hall–Kier alpha value is -1.42. The second-order valence-corrected chi connectivity index (χ2v) is 7.45. The number of hydrogen-bond acceptors (Lipinski definition) is 3. The third-order valence-corrected chi connectivity index (χ3v) is 4.70. The van der Waals surface area contributed by atoms with Gasteiger partial charge in [-0.2, -0.15) is 0 Å². The van der Waals surface area contributed by atoms with E-state index >= 15 is 0 Å². The van der Waals surface area contributed by atoms with Crippen molar-refractivity contribution in [2.24, 2.45) is 11.8 Å². The first-order valence-corrected chi connectivity index (χ1v) is 8.91. The lowest BCUT2D eigenvalue weighted by atomic mass is 9.92. The highest BCUT2D eigenvalue weighted by atomic mass is 16.1. The fourth-order valence-electron chi connectivity index (χ4n) is 3.12. The Bertz CT molecular complexity index is 566. The van der Waals surface area contributed by atoms with Crippen LogP contribution in [0.15, 0.2) is 28.8 Å². The maximum atomic E-state index is 11.4. The molecule has 1 aliphatic heterocycles. The molecular weight excluding hydrogens is 286 g/mol. The number of aromatic amines is 1. The molecule has 1 fully saturated rings. The van der Waals surface area contributed by atoms with E-state index < -0.39 is 0 Å². The molecule has 0 aliphatic carbocycles. The third kappa shape index (κ3) is 5.61. The van der Waals surface area contributed by atoms with Crippen LogP contribution in [0.3, 0.4) is 0 Å². The molecule has 0 aromatic carbocycles. The summed E-state index contributed by atoms with van der Waals surface area (Å²) in [6.45, 7) is 12.4. The van der Waals surface area contributed by atoms with E-state index in [0.29, 0.717) is 11.8 Å². The van der Waals surface area contributed by atoms with Gasteiger partial charge in [-0.1, -0.05) is 39.3 Å². The molecule has 128 valence electrons. The van der Waals surface area contributed by atoms with Crippen molar-refractivity contribution in [1.82, 2.24) is 14.9 Å². The summed E-state index contributed by atoms with van der Waals surface area (Å²) in [5, 5.41) is 0. The van der Waals surface area contributed by atoms with Crippen LogP contribution in [0.25, 0.3) is 0 Å². The van der Waals surface area contributed by atoms with Crippen LogP contribution in [0.4, 0.5) is 0 Å². The van der Waals surface area contributed by atoms with Crippen LogP contribution in [-0.4, -0.2) is 34.5 Å². The molecule has 0 unspecified atom stereocenters. The van der Waals surface area contributed by atoms with Crippen molar-refractivity contribution in [3.8, 4) is 0 Å². The van der Waals surface area contributed by atoms with Crippen LogP contribution in [0.1, 0.15) is 58.6 Å².